The number of rotatable bonds is 0. The lowest BCUT2D eigenvalue weighted by Crippen LogP contribution is -1.57. The molecule has 0 aliphatic heterocycles. The Hall–Kier alpha value is -0.120. The molecule has 1 radical (unpaired) electrons. The second-order valence-electron chi connectivity index (χ2n) is 0.316. The van der Waals surface area contributed by atoms with Crippen LogP contribution < -0.4 is 0 Å². The molecule has 0 spiro atoms. The van der Waals surface area contributed by atoms with Crippen LogP contribution in [0.2, 0.25) is 0 Å². The third-order valence-corrected chi connectivity index (χ3v) is 0. The van der Waals surface area contributed by atoms with Crippen LogP contribution in [0.25, 0.3) is 0 Å². The molecular weight excluding hydrogens is 72.0 g/mol. The van der Waals surface area contributed by atoms with Crippen molar-refractivity contribution in [3.63, 3.8) is 0 Å². The smallest absolute Gasteiger partial charge is 0.0402 e. The van der Waals surface area contributed by atoms with E-state index in [1.165, 1.54) is 0 Å². The Balaban J connectivity index is 0. The Kier molecular flexibility index (Phi) is 73.6. The van der Waals surface area contributed by atoms with E-state index >= 15 is 0 Å². The summed E-state index contributed by atoms with van der Waals surface area (Å²) in [5.41, 5.74) is 0. The average Bonchev–Trinajstić information content (AvgIpc) is 1.46. The number of aliphatic hydroxyl groups is 1. The third-order valence-electron chi connectivity index (χ3n) is 0. The van der Waals surface area contributed by atoms with Crippen LogP contribution in [0.15, 0.2) is 0 Å². The standard InChI is InChI=1S/C2H6O.HO2/c1-2-3;1-2/h3H,2H2,1H3;1H. The molecule has 0 atom stereocenters. The fourth-order valence-corrected chi connectivity index (χ4v) is 0. The van der Waals surface area contributed by atoms with E-state index in [9.17, 15) is 0 Å². The molecule has 0 heterocycles. The summed E-state index contributed by atoms with van der Waals surface area (Å²) in [4.78, 5) is 0. The second-order valence-corrected chi connectivity index (χ2v) is 0.316. The van der Waals surface area contributed by atoms with Crippen molar-refractivity contribution in [2.45, 2.75) is 6.92 Å². The van der Waals surface area contributed by atoms with E-state index in [2.05, 4.69) is 0 Å². The first-order valence-electron chi connectivity index (χ1n) is 1.21. The summed E-state index contributed by atoms with van der Waals surface area (Å²) in [6.45, 7) is 1.93. The monoisotopic (exact) mass is 79.0 g/mol. The molecule has 0 saturated heterocycles. The highest BCUT2D eigenvalue weighted by Gasteiger charge is 1.34. The molecule has 0 aromatic heterocycles. The van der Waals surface area contributed by atoms with Gasteiger partial charge in [-0.3, -0.25) is 0 Å². The van der Waals surface area contributed by atoms with Gasteiger partial charge in [-0.15, -0.1) is 0 Å². The van der Waals surface area contributed by atoms with Crippen molar-refractivity contribution in [3.8, 4) is 0 Å². The Labute approximate surface area is 30.4 Å². The topological polar surface area (TPSA) is 60.4 Å². The molecule has 0 saturated carbocycles. The van der Waals surface area contributed by atoms with Gasteiger partial charge in [0, 0.05) is 6.61 Å². The van der Waals surface area contributed by atoms with E-state index in [4.69, 9.17) is 15.6 Å². The van der Waals surface area contributed by atoms with Gasteiger partial charge in [0.1, 0.15) is 0 Å². The largest absolute Gasteiger partial charge is 0.397 e. The molecule has 0 aromatic carbocycles. The van der Waals surface area contributed by atoms with Gasteiger partial charge in [-0.1, -0.05) is 0 Å². The third kappa shape index (κ3) is 952. The highest BCUT2D eigenvalue weighted by atomic mass is 17.0. The highest BCUT2D eigenvalue weighted by Crippen LogP contribution is 1.30. The van der Waals surface area contributed by atoms with Crippen LogP contribution in [0.4, 0.5) is 0 Å². The molecular formula is C2H7O3. The molecule has 0 bridgehead atoms. The van der Waals surface area contributed by atoms with Crippen LogP contribution in [-0.2, 0) is 5.26 Å². The minimum atomic E-state index is 0.250. The molecule has 3 heteroatoms. The van der Waals surface area contributed by atoms with Crippen LogP contribution in [0, 0.1) is 0 Å². The van der Waals surface area contributed by atoms with E-state index in [0.29, 0.717) is 0 Å². The molecule has 0 unspecified atom stereocenters. The van der Waals surface area contributed by atoms with Gasteiger partial charge in [0.05, 0.1) is 0 Å². The summed E-state index contributed by atoms with van der Waals surface area (Å²) in [6.07, 6.45) is 0. The van der Waals surface area contributed by atoms with Crippen LogP contribution in [-0.4, -0.2) is 17.0 Å². The normalized spacial score (nSPS) is 4.80. The van der Waals surface area contributed by atoms with Gasteiger partial charge in [0.15, 0.2) is 0 Å². The van der Waals surface area contributed by atoms with Crippen molar-refractivity contribution >= 4 is 0 Å². The zero-order chi connectivity index (χ0) is 4.71. The Morgan fingerprint density at radius 2 is 1.60 bits per heavy atom. The molecule has 5 heavy (non-hydrogen) atoms. The Morgan fingerprint density at radius 3 is 1.60 bits per heavy atom. The quantitative estimate of drug-likeness (QED) is 0.314. The van der Waals surface area contributed by atoms with E-state index in [1.54, 1.807) is 6.92 Å². The lowest BCUT2D eigenvalue weighted by Gasteiger charge is -1.52. The molecule has 3 nitrogen and oxygen atoms in total. The molecule has 0 aliphatic rings. The van der Waals surface area contributed by atoms with Crippen molar-refractivity contribution in [1.82, 2.24) is 0 Å². The fraction of sp³-hybridized carbons (Fsp3) is 1.00. The number of aliphatic hydroxyl groups excluding tert-OH is 1. The van der Waals surface area contributed by atoms with Gasteiger partial charge in [0.2, 0.25) is 0 Å². The summed E-state index contributed by atoms with van der Waals surface area (Å²) in [5.74, 6) is 0. The van der Waals surface area contributed by atoms with Crippen molar-refractivity contribution in [2.24, 2.45) is 0 Å². The second kappa shape index (κ2) is 41.6. The lowest BCUT2D eigenvalue weighted by atomic mass is 10.9. The maximum atomic E-state index is 7.57. The maximum absolute atomic E-state index is 7.57. The molecule has 0 rings (SSSR count). The minimum absolute atomic E-state index is 0.250. The van der Waals surface area contributed by atoms with Crippen LogP contribution in [0.1, 0.15) is 6.92 Å². The van der Waals surface area contributed by atoms with E-state index in [-0.39, 0.29) is 6.61 Å². The van der Waals surface area contributed by atoms with Gasteiger partial charge in [-0.05, 0) is 12.2 Å². The van der Waals surface area contributed by atoms with Gasteiger partial charge >= 0.3 is 0 Å². The summed E-state index contributed by atoms with van der Waals surface area (Å²) >= 11 is 0. The average molecular weight is 79.1 g/mol. The van der Waals surface area contributed by atoms with Crippen LogP contribution in [0.5, 0.6) is 0 Å². The van der Waals surface area contributed by atoms with E-state index in [1.807, 2.05) is 0 Å². The van der Waals surface area contributed by atoms with E-state index < -0.39 is 0 Å². The molecule has 0 aromatic rings. The van der Waals surface area contributed by atoms with Gasteiger partial charge in [-0.25, -0.2) is 5.26 Å². The van der Waals surface area contributed by atoms with Crippen molar-refractivity contribution in [1.29, 1.82) is 0 Å². The van der Waals surface area contributed by atoms with Crippen molar-refractivity contribution < 1.29 is 15.6 Å². The Bertz CT molecular complexity index is 4.85. The number of hydrogen-bond acceptors (Lipinski definition) is 2. The molecule has 33 valence electrons. The predicted molar refractivity (Wildman–Crippen MR) is 16.1 cm³/mol. The van der Waals surface area contributed by atoms with Crippen molar-refractivity contribution in [2.75, 3.05) is 6.61 Å². The zero-order valence-corrected chi connectivity index (χ0v) is 3.01. The van der Waals surface area contributed by atoms with Crippen LogP contribution in [0.3, 0.4) is 0 Å². The minimum Gasteiger partial charge on any atom is -0.397 e. The summed E-state index contributed by atoms with van der Waals surface area (Å²) in [7, 11) is 0. The lowest BCUT2D eigenvalue weighted by molar-refractivity contribution is -0.247. The first-order valence-corrected chi connectivity index (χ1v) is 1.21. The molecule has 2 N–H and O–H groups in total. The SMILES string of the molecule is CCO.[O]O. The molecule has 0 aliphatic carbocycles. The van der Waals surface area contributed by atoms with Gasteiger partial charge in [-0.2, -0.15) is 0 Å². The number of hydrogen-bond donors (Lipinski definition) is 2. The predicted octanol–water partition coefficient (Wildman–Crippen LogP) is -0.112. The van der Waals surface area contributed by atoms with Gasteiger partial charge in [0.25, 0.3) is 0 Å². The summed E-state index contributed by atoms with van der Waals surface area (Å²) < 4.78 is 0. The van der Waals surface area contributed by atoms with Gasteiger partial charge < -0.3 is 5.11 Å². The van der Waals surface area contributed by atoms with Crippen molar-refractivity contribution in [3.05, 3.63) is 0 Å². The maximum Gasteiger partial charge on any atom is 0.0402 e. The Morgan fingerprint density at radius 1 is 1.60 bits per heavy atom. The highest BCUT2D eigenvalue weighted by molar-refractivity contribution is 3.84. The van der Waals surface area contributed by atoms with Crippen LogP contribution >= 0.6 is 0 Å². The summed E-state index contributed by atoms with van der Waals surface area (Å²) in [5, 5.41) is 20.6. The first-order chi connectivity index (χ1) is 2.41. The van der Waals surface area contributed by atoms with E-state index in [0.717, 1.165) is 0 Å². The molecule has 0 amide bonds. The first kappa shape index (κ1) is 8.86. The fourth-order valence-electron chi connectivity index (χ4n) is 0. The zero-order valence-electron chi connectivity index (χ0n) is 3.01. The summed E-state index contributed by atoms with van der Waals surface area (Å²) in [6, 6.07) is 0. The molecule has 0 fully saturated rings.